The number of anilines is 1. The van der Waals surface area contributed by atoms with E-state index in [9.17, 15) is 18.4 Å². The zero-order valence-electron chi connectivity index (χ0n) is 18.4. The number of carbonyl (C=O) groups is 2. The number of nitrogens with zero attached hydrogens (tertiary/aromatic N) is 2. The van der Waals surface area contributed by atoms with Crippen molar-refractivity contribution in [1.29, 1.82) is 0 Å². The van der Waals surface area contributed by atoms with Crippen LogP contribution in [0.3, 0.4) is 0 Å². The van der Waals surface area contributed by atoms with Crippen molar-refractivity contribution < 1.29 is 23.1 Å². The molecule has 0 unspecified atom stereocenters. The highest BCUT2D eigenvalue weighted by Crippen LogP contribution is 2.43. The molecule has 4 rings (SSSR count). The lowest BCUT2D eigenvalue weighted by Crippen LogP contribution is -2.31. The minimum Gasteiger partial charge on any atom is -0.488 e. The van der Waals surface area contributed by atoms with E-state index in [1.165, 1.54) is 24.5 Å². The Morgan fingerprint density at radius 2 is 1.88 bits per heavy atom. The van der Waals surface area contributed by atoms with Gasteiger partial charge in [-0.2, -0.15) is 0 Å². The van der Waals surface area contributed by atoms with Gasteiger partial charge in [-0.25, -0.2) is 8.78 Å². The molecule has 1 aliphatic rings. The van der Waals surface area contributed by atoms with E-state index in [2.05, 4.69) is 5.32 Å². The Kier molecular flexibility index (Phi) is 6.44. The predicted molar refractivity (Wildman–Crippen MR) is 124 cm³/mol. The van der Waals surface area contributed by atoms with E-state index in [0.29, 0.717) is 22.7 Å². The van der Waals surface area contributed by atoms with Gasteiger partial charge in [0.15, 0.2) is 0 Å². The molecule has 3 aromatic rings. The molecule has 1 N–H and O–H groups in total. The number of halogens is 2. The van der Waals surface area contributed by atoms with Crippen molar-refractivity contribution in [1.82, 2.24) is 10.2 Å². The second-order valence-corrected chi connectivity index (χ2v) is 9.04. The van der Waals surface area contributed by atoms with Gasteiger partial charge >= 0.3 is 0 Å². The standard InChI is InChI=1S/C24H23F2N3O3S/c1-28(2)9-8-27-23(30)14-4-7-20-17(10-14)22-15(13-32-20)11-21(33-22)24(31)29(3)19-6-5-16(25)12-18(19)26/h4-7,10-12H,8-9,13H2,1-3H3,(H,27,30). The van der Waals surface area contributed by atoms with Crippen LogP contribution in [0.25, 0.3) is 10.4 Å². The Balaban J connectivity index is 1.59. The summed E-state index contributed by atoms with van der Waals surface area (Å²) in [7, 11) is 5.31. The number of likely N-dealkylation sites (N-methyl/N-ethyl adjacent to an activating group) is 1. The molecule has 0 atom stereocenters. The summed E-state index contributed by atoms with van der Waals surface area (Å²) in [6, 6.07) is 10.0. The molecule has 0 radical (unpaired) electrons. The predicted octanol–water partition coefficient (Wildman–Crippen LogP) is 4.15. The molecule has 172 valence electrons. The number of fused-ring (bicyclic) bond motifs is 3. The van der Waals surface area contributed by atoms with Crippen LogP contribution in [0.2, 0.25) is 0 Å². The maximum absolute atomic E-state index is 14.2. The quantitative estimate of drug-likeness (QED) is 0.587. The average Bonchev–Trinajstić information content (AvgIpc) is 3.22. The number of ether oxygens (including phenoxy) is 1. The molecule has 0 aliphatic carbocycles. The number of nitrogens with one attached hydrogen (secondary N) is 1. The molecule has 0 fully saturated rings. The van der Waals surface area contributed by atoms with E-state index < -0.39 is 17.5 Å². The Bertz CT molecular complexity index is 1230. The summed E-state index contributed by atoms with van der Waals surface area (Å²) in [5, 5.41) is 2.89. The molecule has 2 aromatic carbocycles. The summed E-state index contributed by atoms with van der Waals surface area (Å²) >= 11 is 1.25. The topological polar surface area (TPSA) is 61.9 Å². The van der Waals surface area contributed by atoms with Gasteiger partial charge in [0, 0.05) is 47.8 Å². The number of hydrogen-bond donors (Lipinski definition) is 1. The Morgan fingerprint density at radius 3 is 2.61 bits per heavy atom. The first kappa shape index (κ1) is 22.9. The van der Waals surface area contributed by atoms with Crippen LogP contribution < -0.4 is 15.0 Å². The first-order valence-corrected chi connectivity index (χ1v) is 11.1. The van der Waals surface area contributed by atoms with Crippen molar-refractivity contribution in [3.05, 3.63) is 70.1 Å². The fraction of sp³-hybridized carbons (Fsp3) is 0.250. The van der Waals surface area contributed by atoms with E-state index in [1.54, 1.807) is 24.3 Å². The van der Waals surface area contributed by atoms with E-state index in [4.69, 9.17) is 4.74 Å². The molecule has 2 amide bonds. The van der Waals surface area contributed by atoms with E-state index in [-0.39, 0.29) is 18.2 Å². The molecule has 0 spiro atoms. The zero-order valence-corrected chi connectivity index (χ0v) is 19.3. The van der Waals surface area contributed by atoms with Crippen molar-refractivity contribution in [3.63, 3.8) is 0 Å². The van der Waals surface area contributed by atoms with Gasteiger partial charge in [-0.15, -0.1) is 11.3 Å². The van der Waals surface area contributed by atoms with Crippen LogP contribution >= 0.6 is 11.3 Å². The van der Waals surface area contributed by atoms with Crippen molar-refractivity contribution in [2.75, 3.05) is 39.1 Å². The molecule has 1 aliphatic heterocycles. The maximum atomic E-state index is 14.2. The largest absolute Gasteiger partial charge is 0.488 e. The zero-order chi connectivity index (χ0) is 23.7. The van der Waals surface area contributed by atoms with Crippen LogP contribution in [-0.2, 0) is 6.61 Å². The van der Waals surface area contributed by atoms with Crippen molar-refractivity contribution >= 4 is 28.8 Å². The third kappa shape index (κ3) is 4.74. The molecule has 0 saturated heterocycles. The fourth-order valence-corrected chi connectivity index (χ4v) is 4.69. The third-order valence-corrected chi connectivity index (χ3v) is 6.51. The van der Waals surface area contributed by atoms with Gasteiger partial charge in [-0.05, 0) is 50.5 Å². The normalized spacial score (nSPS) is 12.1. The minimum absolute atomic E-state index is 0.0129. The molecule has 9 heteroatoms. The van der Waals surface area contributed by atoms with Crippen LogP contribution in [0, 0.1) is 11.6 Å². The Hall–Kier alpha value is -3.30. The molecule has 2 heterocycles. The Labute approximate surface area is 194 Å². The van der Waals surface area contributed by atoms with Crippen molar-refractivity contribution in [3.8, 4) is 16.2 Å². The lowest BCUT2D eigenvalue weighted by Gasteiger charge is -2.18. The van der Waals surface area contributed by atoms with Gasteiger partial charge in [0.05, 0.1) is 10.6 Å². The maximum Gasteiger partial charge on any atom is 0.268 e. The van der Waals surface area contributed by atoms with Crippen LogP contribution in [-0.4, -0.2) is 50.9 Å². The second kappa shape index (κ2) is 9.29. The Morgan fingerprint density at radius 1 is 1.09 bits per heavy atom. The van der Waals surface area contributed by atoms with Crippen LogP contribution in [0.1, 0.15) is 25.6 Å². The highest BCUT2D eigenvalue weighted by atomic mass is 32.1. The molecular weight excluding hydrogens is 448 g/mol. The average molecular weight is 472 g/mol. The summed E-state index contributed by atoms with van der Waals surface area (Å²) in [4.78, 5) is 29.9. The highest BCUT2D eigenvalue weighted by molar-refractivity contribution is 7.17. The SMILES string of the molecule is CN(C)CCNC(=O)c1ccc2c(c1)-c1sc(C(=O)N(C)c3ccc(F)cc3F)cc1CO2. The number of benzene rings is 2. The van der Waals surface area contributed by atoms with Gasteiger partial charge in [-0.1, -0.05) is 0 Å². The molecule has 6 nitrogen and oxygen atoms in total. The number of hydrogen-bond acceptors (Lipinski definition) is 5. The van der Waals surface area contributed by atoms with Crippen LogP contribution in [0.15, 0.2) is 42.5 Å². The van der Waals surface area contributed by atoms with E-state index in [0.717, 1.165) is 39.6 Å². The fourth-order valence-electron chi connectivity index (χ4n) is 3.52. The first-order chi connectivity index (χ1) is 15.7. The summed E-state index contributed by atoms with van der Waals surface area (Å²) in [6.45, 7) is 1.53. The van der Waals surface area contributed by atoms with Gasteiger partial charge in [0.25, 0.3) is 11.8 Å². The summed E-state index contributed by atoms with van der Waals surface area (Å²) in [6.07, 6.45) is 0. The second-order valence-electron chi connectivity index (χ2n) is 7.98. The number of amides is 2. The molecular formula is C24H23F2N3O3S. The lowest BCUT2D eigenvalue weighted by atomic mass is 10.0. The lowest BCUT2D eigenvalue weighted by molar-refractivity contribution is 0.0949. The van der Waals surface area contributed by atoms with Gasteiger partial charge in [-0.3, -0.25) is 9.59 Å². The van der Waals surface area contributed by atoms with E-state index in [1.807, 2.05) is 19.0 Å². The first-order valence-electron chi connectivity index (χ1n) is 10.3. The van der Waals surface area contributed by atoms with Crippen LogP contribution in [0.4, 0.5) is 14.5 Å². The monoisotopic (exact) mass is 471 g/mol. The molecule has 0 saturated carbocycles. The summed E-state index contributed by atoms with van der Waals surface area (Å²) < 4.78 is 33.2. The highest BCUT2D eigenvalue weighted by Gasteiger charge is 2.26. The van der Waals surface area contributed by atoms with Crippen LogP contribution in [0.5, 0.6) is 5.75 Å². The summed E-state index contributed by atoms with van der Waals surface area (Å²) in [5.41, 5.74) is 2.03. The summed E-state index contributed by atoms with van der Waals surface area (Å²) in [5.74, 6) is -1.50. The van der Waals surface area contributed by atoms with Gasteiger partial charge in [0.1, 0.15) is 24.0 Å². The smallest absolute Gasteiger partial charge is 0.268 e. The van der Waals surface area contributed by atoms with Gasteiger partial charge in [0.2, 0.25) is 0 Å². The third-order valence-electron chi connectivity index (χ3n) is 5.31. The number of carbonyl (C=O) groups excluding carboxylic acids is 2. The number of rotatable bonds is 6. The van der Waals surface area contributed by atoms with Crippen molar-refractivity contribution in [2.45, 2.75) is 6.61 Å². The molecule has 1 aromatic heterocycles. The number of thiophene rings is 1. The molecule has 0 bridgehead atoms. The van der Waals surface area contributed by atoms with Crippen molar-refractivity contribution in [2.24, 2.45) is 0 Å². The minimum atomic E-state index is -0.814. The van der Waals surface area contributed by atoms with Gasteiger partial charge < -0.3 is 19.9 Å². The van der Waals surface area contributed by atoms with E-state index >= 15 is 0 Å². The molecule has 33 heavy (non-hydrogen) atoms.